The minimum Gasteiger partial charge on any atom is -0.494 e. The summed E-state index contributed by atoms with van der Waals surface area (Å²) in [5.74, 6) is 0.880. The van der Waals surface area contributed by atoms with Gasteiger partial charge in [0.1, 0.15) is 11.4 Å². The number of H-pyrrole nitrogens is 1. The molecule has 1 spiro atoms. The first-order valence-corrected chi connectivity index (χ1v) is 9.41. The molecule has 138 valence electrons. The number of nitrogens with one attached hydrogen (secondary N) is 1. The normalized spacial score (nSPS) is 18.6. The molecule has 1 saturated heterocycles. The predicted molar refractivity (Wildman–Crippen MR) is 97.3 cm³/mol. The van der Waals surface area contributed by atoms with Crippen LogP contribution in [0.15, 0.2) is 30.5 Å². The maximum Gasteiger partial charge on any atom is 0.253 e. The van der Waals surface area contributed by atoms with Gasteiger partial charge < -0.3 is 14.4 Å². The van der Waals surface area contributed by atoms with Crippen molar-refractivity contribution in [2.24, 2.45) is 0 Å². The zero-order chi connectivity index (χ0) is 18.0. The van der Waals surface area contributed by atoms with Gasteiger partial charge in [-0.1, -0.05) is 6.92 Å². The van der Waals surface area contributed by atoms with Gasteiger partial charge in [0.2, 0.25) is 0 Å². The second kappa shape index (κ2) is 7.11. The fourth-order valence-corrected chi connectivity index (χ4v) is 3.89. The number of likely N-dealkylation sites (tertiary alicyclic amines) is 1. The van der Waals surface area contributed by atoms with Gasteiger partial charge in [0.15, 0.2) is 0 Å². The number of nitrogens with zero attached hydrogens (tertiary/aromatic N) is 2. The van der Waals surface area contributed by atoms with Crippen molar-refractivity contribution in [2.45, 2.75) is 38.2 Å². The highest BCUT2D eigenvalue weighted by Crippen LogP contribution is 2.40. The van der Waals surface area contributed by atoms with Crippen molar-refractivity contribution < 1.29 is 14.3 Å². The van der Waals surface area contributed by atoms with Crippen molar-refractivity contribution in [2.75, 3.05) is 26.3 Å². The number of piperidine rings is 1. The molecule has 2 aliphatic heterocycles. The van der Waals surface area contributed by atoms with Crippen molar-refractivity contribution in [1.82, 2.24) is 15.1 Å². The SMILES string of the molecule is CCCOc1ccc(C(=O)N2CCC3(CC2)OCCc2cn[nH]c23)cc1. The highest BCUT2D eigenvalue weighted by molar-refractivity contribution is 5.94. The van der Waals surface area contributed by atoms with Gasteiger partial charge in [-0.2, -0.15) is 5.10 Å². The molecule has 2 aromatic rings. The maximum absolute atomic E-state index is 12.8. The summed E-state index contributed by atoms with van der Waals surface area (Å²) in [5, 5.41) is 7.31. The molecule has 4 rings (SSSR count). The molecule has 1 aromatic carbocycles. The van der Waals surface area contributed by atoms with E-state index in [0.29, 0.717) is 25.3 Å². The molecule has 0 aliphatic carbocycles. The van der Waals surface area contributed by atoms with Gasteiger partial charge in [-0.3, -0.25) is 9.89 Å². The van der Waals surface area contributed by atoms with Crippen LogP contribution in [0.5, 0.6) is 5.75 Å². The Morgan fingerprint density at radius 3 is 2.81 bits per heavy atom. The number of hydrogen-bond donors (Lipinski definition) is 1. The topological polar surface area (TPSA) is 67.4 Å². The van der Waals surface area contributed by atoms with Crippen LogP contribution in [0, 0.1) is 0 Å². The Morgan fingerprint density at radius 1 is 1.31 bits per heavy atom. The molecule has 0 bridgehead atoms. The summed E-state index contributed by atoms with van der Waals surface area (Å²) in [5.41, 5.74) is 2.75. The van der Waals surface area contributed by atoms with Crippen LogP contribution in [0.4, 0.5) is 0 Å². The average Bonchev–Trinajstić information content (AvgIpc) is 3.17. The second-order valence-electron chi connectivity index (χ2n) is 7.03. The van der Waals surface area contributed by atoms with E-state index in [-0.39, 0.29) is 11.5 Å². The lowest BCUT2D eigenvalue weighted by molar-refractivity contribution is -0.0962. The Balaban J connectivity index is 1.41. The van der Waals surface area contributed by atoms with E-state index in [0.717, 1.165) is 43.7 Å². The quantitative estimate of drug-likeness (QED) is 0.916. The van der Waals surface area contributed by atoms with Gasteiger partial charge in [-0.15, -0.1) is 0 Å². The van der Waals surface area contributed by atoms with E-state index in [2.05, 4.69) is 17.1 Å². The first-order valence-electron chi connectivity index (χ1n) is 9.41. The van der Waals surface area contributed by atoms with Gasteiger partial charge in [-0.25, -0.2) is 0 Å². The highest BCUT2D eigenvalue weighted by atomic mass is 16.5. The molecule has 1 fully saturated rings. The van der Waals surface area contributed by atoms with Crippen molar-refractivity contribution in [3.8, 4) is 5.75 Å². The summed E-state index contributed by atoms with van der Waals surface area (Å²) in [6, 6.07) is 7.44. The molecular formula is C20H25N3O3. The molecule has 0 unspecified atom stereocenters. The largest absolute Gasteiger partial charge is 0.494 e. The Bertz CT molecular complexity index is 761. The highest BCUT2D eigenvalue weighted by Gasteiger charge is 2.43. The minimum atomic E-state index is -0.307. The average molecular weight is 355 g/mol. The molecule has 2 aliphatic rings. The van der Waals surface area contributed by atoms with E-state index >= 15 is 0 Å². The van der Waals surface area contributed by atoms with Crippen molar-refractivity contribution >= 4 is 5.91 Å². The van der Waals surface area contributed by atoms with E-state index < -0.39 is 0 Å². The molecular weight excluding hydrogens is 330 g/mol. The van der Waals surface area contributed by atoms with E-state index in [1.165, 1.54) is 5.56 Å². The van der Waals surface area contributed by atoms with Crippen molar-refractivity contribution in [3.05, 3.63) is 47.3 Å². The van der Waals surface area contributed by atoms with E-state index in [1.807, 2.05) is 35.4 Å². The monoisotopic (exact) mass is 355 g/mol. The Labute approximate surface area is 153 Å². The maximum atomic E-state index is 12.8. The summed E-state index contributed by atoms with van der Waals surface area (Å²) in [4.78, 5) is 14.7. The summed E-state index contributed by atoms with van der Waals surface area (Å²) in [7, 11) is 0. The third-order valence-electron chi connectivity index (χ3n) is 5.36. The fourth-order valence-electron chi connectivity index (χ4n) is 3.89. The van der Waals surface area contributed by atoms with Crippen LogP contribution in [0.1, 0.15) is 47.8 Å². The molecule has 0 saturated carbocycles. The van der Waals surface area contributed by atoms with Gasteiger partial charge in [-0.05, 0) is 55.5 Å². The smallest absolute Gasteiger partial charge is 0.253 e. The lowest BCUT2D eigenvalue weighted by Gasteiger charge is -2.43. The zero-order valence-corrected chi connectivity index (χ0v) is 15.2. The number of carbonyl (C=O) groups excluding carboxylic acids is 1. The number of aromatic amines is 1. The standard InChI is InChI=1S/C20H25N3O3/c1-2-12-25-17-5-3-15(4-6-17)19(24)23-10-8-20(9-11-23)18-16(7-13-26-20)14-21-22-18/h3-6,14H,2,7-13H2,1H3,(H,21,22). The Morgan fingerprint density at radius 2 is 2.08 bits per heavy atom. The van der Waals surface area contributed by atoms with Crippen molar-refractivity contribution in [1.29, 1.82) is 0 Å². The molecule has 0 radical (unpaired) electrons. The van der Waals surface area contributed by atoms with E-state index in [4.69, 9.17) is 9.47 Å². The molecule has 0 atom stereocenters. The third kappa shape index (κ3) is 3.09. The molecule has 1 aromatic heterocycles. The lowest BCUT2D eigenvalue weighted by Crippen LogP contribution is -2.48. The summed E-state index contributed by atoms with van der Waals surface area (Å²) < 4.78 is 11.7. The first kappa shape index (κ1) is 17.1. The first-order chi connectivity index (χ1) is 12.7. The van der Waals surface area contributed by atoms with Crippen LogP contribution in [-0.4, -0.2) is 47.3 Å². The number of amides is 1. The lowest BCUT2D eigenvalue weighted by atomic mass is 9.83. The number of benzene rings is 1. The predicted octanol–water partition coefficient (Wildman–Crippen LogP) is 2.90. The zero-order valence-electron chi connectivity index (χ0n) is 15.2. The van der Waals surface area contributed by atoms with Crippen LogP contribution in [0.3, 0.4) is 0 Å². The number of ether oxygens (including phenoxy) is 2. The Kier molecular flexibility index (Phi) is 4.68. The van der Waals surface area contributed by atoms with Gasteiger partial charge in [0, 0.05) is 18.7 Å². The summed E-state index contributed by atoms with van der Waals surface area (Å²) in [6.45, 7) is 4.86. The van der Waals surface area contributed by atoms with Crippen LogP contribution < -0.4 is 4.74 Å². The summed E-state index contributed by atoms with van der Waals surface area (Å²) >= 11 is 0. The molecule has 26 heavy (non-hydrogen) atoms. The number of rotatable bonds is 4. The second-order valence-corrected chi connectivity index (χ2v) is 7.03. The van der Waals surface area contributed by atoms with Gasteiger partial charge >= 0.3 is 0 Å². The number of hydrogen-bond acceptors (Lipinski definition) is 4. The fraction of sp³-hybridized carbons (Fsp3) is 0.500. The Hall–Kier alpha value is -2.34. The van der Waals surface area contributed by atoms with Crippen LogP contribution in [0.2, 0.25) is 0 Å². The number of aromatic nitrogens is 2. The molecule has 1 N–H and O–H groups in total. The molecule has 1 amide bonds. The molecule has 3 heterocycles. The van der Waals surface area contributed by atoms with Gasteiger partial charge in [0.05, 0.1) is 25.1 Å². The molecule has 6 heteroatoms. The van der Waals surface area contributed by atoms with Gasteiger partial charge in [0.25, 0.3) is 5.91 Å². The minimum absolute atomic E-state index is 0.0718. The van der Waals surface area contributed by atoms with E-state index in [1.54, 1.807) is 0 Å². The van der Waals surface area contributed by atoms with Crippen LogP contribution in [0.25, 0.3) is 0 Å². The number of carbonyl (C=O) groups is 1. The van der Waals surface area contributed by atoms with Crippen molar-refractivity contribution in [3.63, 3.8) is 0 Å². The summed E-state index contributed by atoms with van der Waals surface area (Å²) in [6.07, 6.45) is 5.37. The van der Waals surface area contributed by atoms with Crippen LogP contribution >= 0.6 is 0 Å². The molecule has 6 nitrogen and oxygen atoms in total. The third-order valence-corrected chi connectivity index (χ3v) is 5.36. The van der Waals surface area contributed by atoms with Crippen LogP contribution in [-0.2, 0) is 16.8 Å². The van der Waals surface area contributed by atoms with E-state index in [9.17, 15) is 4.79 Å². The number of fused-ring (bicyclic) bond motifs is 2.